The van der Waals surface area contributed by atoms with Gasteiger partial charge in [-0.25, -0.2) is 8.42 Å². The Kier molecular flexibility index (Phi) is 8.73. The van der Waals surface area contributed by atoms with Gasteiger partial charge >= 0.3 is 0 Å². The van der Waals surface area contributed by atoms with Crippen LogP contribution in [0.5, 0.6) is 17.2 Å². The maximum absolute atomic E-state index is 12.9. The van der Waals surface area contributed by atoms with Gasteiger partial charge in [0.05, 0.1) is 25.2 Å². The second kappa shape index (κ2) is 11.7. The Morgan fingerprint density at radius 3 is 2.23 bits per heavy atom. The molecule has 0 saturated carbocycles. The number of hydrogen-bond acceptors (Lipinski definition) is 6. The van der Waals surface area contributed by atoms with Crippen LogP contribution in [-0.2, 0) is 21.4 Å². The molecule has 0 saturated heterocycles. The molecular weight excluding hydrogens is 468 g/mol. The number of amides is 1. The van der Waals surface area contributed by atoms with Gasteiger partial charge in [0, 0.05) is 13.6 Å². The van der Waals surface area contributed by atoms with Gasteiger partial charge in [-0.3, -0.25) is 4.79 Å². The van der Waals surface area contributed by atoms with Gasteiger partial charge in [0.2, 0.25) is 10.0 Å². The molecule has 0 aromatic heterocycles. The molecule has 1 amide bonds. The Balaban J connectivity index is 1.55. The number of nitrogens with one attached hydrogen (secondary N) is 1. The number of nitrogens with zero attached hydrogens (tertiary/aromatic N) is 1. The van der Waals surface area contributed by atoms with Crippen molar-refractivity contribution in [1.29, 1.82) is 0 Å². The Labute approximate surface area is 206 Å². The predicted octanol–water partition coefficient (Wildman–Crippen LogP) is 3.78. The smallest absolute Gasteiger partial charge is 0.258 e. The quantitative estimate of drug-likeness (QED) is 0.432. The zero-order valence-electron chi connectivity index (χ0n) is 20.2. The van der Waals surface area contributed by atoms with Gasteiger partial charge in [0.25, 0.3) is 5.91 Å². The second-order valence-corrected chi connectivity index (χ2v) is 9.96. The van der Waals surface area contributed by atoms with E-state index in [9.17, 15) is 13.2 Å². The van der Waals surface area contributed by atoms with E-state index in [-0.39, 0.29) is 30.0 Å². The number of hydrogen-bond donors (Lipinski definition) is 1. The maximum Gasteiger partial charge on any atom is 0.258 e. The highest BCUT2D eigenvalue weighted by Crippen LogP contribution is 2.30. The monoisotopic (exact) mass is 498 g/mol. The molecular formula is C26H30N2O6S. The Morgan fingerprint density at radius 2 is 1.60 bits per heavy atom. The second-order valence-electron chi connectivity index (χ2n) is 7.91. The molecule has 0 unspecified atom stereocenters. The first-order chi connectivity index (χ1) is 16.7. The molecule has 0 spiro atoms. The molecule has 9 heteroatoms. The summed E-state index contributed by atoms with van der Waals surface area (Å²) < 4.78 is 43.1. The van der Waals surface area contributed by atoms with E-state index in [1.165, 1.54) is 35.6 Å². The summed E-state index contributed by atoms with van der Waals surface area (Å²) in [5.41, 5.74) is 1.75. The lowest BCUT2D eigenvalue weighted by molar-refractivity contribution is -0.123. The maximum atomic E-state index is 12.9. The van der Waals surface area contributed by atoms with Crippen molar-refractivity contribution in [1.82, 2.24) is 9.62 Å². The van der Waals surface area contributed by atoms with Gasteiger partial charge in [-0.1, -0.05) is 36.4 Å². The molecule has 0 heterocycles. The van der Waals surface area contributed by atoms with Gasteiger partial charge < -0.3 is 19.5 Å². The first-order valence-electron chi connectivity index (χ1n) is 11.0. The summed E-state index contributed by atoms with van der Waals surface area (Å²) in [5, 5.41) is 2.87. The minimum absolute atomic E-state index is 0.148. The molecule has 0 fully saturated rings. The van der Waals surface area contributed by atoms with Crippen LogP contribution in [0.4, 0.5) is 0 Å². The highest BCUT2D eigenvalue weighted by molar-refractivity contribution is 7.89. The lowest BCUT2D eigenvalue weighted by Gasteiger charge is -2.18. The van der Waals surface area contributed by atoms with Crippen LogP contribution in [0.3, 0.4) is 0 Å². The lowest BCUT2D eigenvalue weighted by atomic mass is 10.1. The average molecular weight is 499 g/mol. The van der Waals surface area contributed by atoms with Crippen molar-refractivity contribution in [3.8, 4) is 17.2 Å². The fourth-order valence-electron chi connectivity index (χ4n) is 3.45. The topological polar surface area (TPSA) is 94.2 Å². The molecule has 3 aromatic carbocycles. The molecule has 0 bridgehead atoms. The van der Waals surface area contributed by atoms with E-state index in [4.69, 9.17) is 14.2 Å². The Hall–Kier alpha value is -3.56. The Morgan fingerprint density at radius 1 is 0.943 bits per heavy atom. The van der Waals surface area contributed by atoms with Crippen LogP contribution in [0.25, 0.3) is 0 Å². The van der Waals surface area contributed by atoms with Crippen molar-refractivity contribution in [2.45, 2.75) is 24.4 Å². The summed E-state index contributed by atoms with van der Waals surface area (Å²) in [5.74, 6) is 1.26. The van der Waals surface area contributed by atoms with Gasteiger partial charge in [0.1, 0.15) is 5.75 Å². The van der Waals surface area contributed by atoms with Crippen LogP contribution in [0.1, 0.15) is 24.1 Å². The molecule has 186 valence electrons. The van der Waals surface area contributed by atoms with Crippen LogP contribution in [0.15, 0.2) is 77.7 Å². The standard InChI is InChI=1S/C26H30N2O6S/c1-19(21-10-15-24(32-3)25(16-21)33-4)27-26(29)18-34-22-11-13-23(14-12-22)35(30,31)28(2)17-20-8-6-5-7-9-20/h5-16,19H,17-18H2,1-4H3,(H,27,29)/t19-/m0/s1. The van der Waals surface area contributed by atoms with Crippen LogP contribution >= 0.6 is 0 Å². The van der Waals surface area contributed by atoms with Crippen molar-refractivity contribution >= 4 is 15.9 Å². The van der Waals surface area contributed by atoms with Gasteiger partial charge in [-0.2, -0.15) is 4.31 Å². The van der Waals surface area contributed by atoms with Crippen LogP contribution in [-0.4, -0.2) is 46.5 Å². The minimum Gasteiger partial charge on any atom is -0.493 e. The first kappa shape index (κ1) is 26.1. The number of ether oxygens (including phenoxy) is 3. The van der Waals surface area contributed by atoms with Gasteiger partial charge in [0.15, 0.2) is 18.1 Å². The third-order valence-corrected chi connectivity index (χ3v) is 7.25. The number of methoxy groups -OCH3 is 2. The zero-order valence-corrected chi connectivity index (χ0v) is 21.0. The first-order valence-corrected chi connectivity index (χ1v) is 12.4. The Bertz CT molecular complexity index is 1230. The summed E-state index contributed by atoms with van der Waals surface area (Å²) in [6.45, 7) is 1.90. The third kappa shape index (κ3) is 6.74. The summed E-state index contributed by atoms with van der Waals surface area (Å²) >= 11 is 0. The third-order valence-electron chi connectivity index (χ3n) is 5.43. The molecule has 0 aliphatic carbocycles. The fourth-order valence-corrected chi connectivity index (χ4v) is 4.61. The molecule has 8 nitrogen and oxygen atoms in total. The molecule has 3 aromatic rings. The molecule has 0 aliphatic heterocycles. The van der Waals surface area contributed by atoms with Crippen molar-refractivity contribution in [3.63, 3.8) is 0 Å². The van der Waals surface area contributed by atoms with E-state index >= 15 is 0 Å². The van der Waals surface area contributed by atoms with Crippen LogP contribution < -0.4 is 19.5 Å². The number of carbonyl (C=O) groups is 1. The normalized spacial score (nSPS) is 12.1. The summed E-state index contributed by atoms with van der Waals surface area (Å²) in [6, 6.07) is 20.5. The number of rotatable bonds is 11. The summed E-state index contributed by atoms with van der Waals surface area (Å²) in [7, 11) is 0.988. The zero-order chi connectivity index (χ0) is 25.4. The van der Waals surface area contributed by atoms with E-state index in [0.29, 0.717) is 17.2 Å². The van der Waals surface area contributed by atoms with E-state index in [2.05, 4.69) is 5.32 Å². The molecule has 1 N–H and O–H groups in total. The van der Waals surface area contributed by atoms with E-state index in [1.807, 2.05) is 43.3 Å². The fraction of sp³-hybridized carbons (Fsp3) is 0.269. The lowest BCUT2D eigenvalue weighted by Crippen LogP contribution is -2.31. The SMILES string of the molecule is COc1ccc([C@H](C)NC(=O)COc2ccc(S(=O)(=O)N(C)Cc3ccccc3)cc2)cc1OC. The van der Waals surface area contributed by atoms with Crippen molar-refractivity contribution < 1.29 is 27.4 Å². The van der Waals surface area contributed by atoms with Gasteiger partial charge in [-0.05, 0) is 54.4 Å². The van der Waals surface area contributed by atoms with Gasteiger partial charge in [-0.15, -0.1) is 0 Å². The van der Waals surface area contributed by atoms with Crippen molar-refractivity contribution in [3.05, 3.63) is 83.9 Å². The van der Waals surface area contributed by atoms with E-state index in [0.717, 1.165) is 11.1 Å². The summed E-state index contributed by atoms with van der Waals surface area (Å²) in [4.78, 5) is 12.5. The molecule has 35 heavy (non-hydrogen) atoms. The van der Waals surface area contributed by atoms with E-state index in [1.54, 1.807) is 26.4 Å². The van der Waals surface area contributed by atoms with Crippen molar-refractivity contribution in [2.75, 3.05) is 27.9 Å². The van der Waals surface area contributed by atoms with Crippen LogP contribution in [0, 0.1) is 0 Å². The predicted molar refractivity (Wildman–Crippen MR) is 133 cm³/mol. The average Bonchev–Trinajstić information content (AvgIpc) is 2.87. The highest BCUT2D eigenvalue weighted by Gasteiger charge is 2.21. The summed E-state index contributed by atoms with van der Waals surface area (Å²) in [6.07, 6.45) is 0. The highest BCUT2D eigenvalue weighted by atomic mass is 32.2. The van der Waals surface area contributed by atoms with Crippen LogP contribution in [0.2, 0.25) is 0 Å². The molecule has 3 rings (SSSR count). The largest absolute Gasteiger partial charge is 0.493 e. The molecule has 0 aliphatic rings. The molecule has 0 radical (unpaired) electrons. The molecule has 1 atom stereocenters. The number of carbonyl (C=O) groups excluding carboxylic acids is 1. The number of benzene rings is 3. The van der Waals surface area contributed by atoms with E-state index < -0.39 is 10.0 Å². The number of sulfonamides is 1. The van der Waals surface area contributed by atoms with Crippen molar-refractivity contribution in [2.24, 2.45) is 0 Å². The minimum atomic E-state index is -3.66.